The zero-order valence-corrected chi connectivity index (χ0v) is 6.31. The second-order valence-electron chi connectivity index (χ2n) is 2.33. The molecule has 0 aliphatic heterocycles. The molecule has 2 heteroatoms. The van der Waals surface area contributed by atoms with Gasteiger partial charge in [0, 0.05) is 12.5 Å². The highest BCUT2D eigenvalue weighted by Crippen LogP contribution is 2.06. The SMILES string of the molecule is C#CCCC(N)C(F)CC. The molecule has 0 aliphatic rings. The average Bonchev–Trinajstić information content (AvgIpc) is 1.98. The second kappa shape index (κ2) is 5.25. The second-order valence-corrected chi connectivity index (χ2v) is 2.33. The van der Waals surface area contributed by atoms with E-state index in [1.807, 2.05) is 0 Å². The number of rotatable bonds is 4. The molecule has 0 fully saturated rings. The van der Waals surface area contributed by atoms with Gasteiger partial charge < -0.3 is 5.73 Å². The molecule has 0 saturated heterocycles. The minimum absolute atomic E-state index is 0.374. The summed E-state index contributed by atoms with van der Waals surface area (Å²) in [6.07, 6.45) is 5.73. The van der Waals surface area contributed by atoms with E-state index in [4.69, 9.17) is 12.2 Å². The zero-order chi connectivity index (χ0) is 7.98. The van der Waals surface area contributed by atoms with Crippen LogP contribution in [0.3, 0.4) is 0 Å². The van der Waals surface area contributed by atoms with Crippen molar-refractivity contribution in [2.24, 2.45) is 5.73 Å². The van der Waals surface area contributed by atoms with E-state index in [0.29, 0.717) is 19.3 Å². The lowest BCUT2D eigenvalue weighted by Gasteiger charge is -2.12. The average molecular weight is 143 g/mol. The number of terminal acetylenes is 1. The molecule has 0 rings (SSSR count). The van der Waals surface area contributed by atoms with Crippen LogP contribution in [0.2, 0.25) is 0 Å². The summed E-state index contributed by atoms with van der Waals surface area (Å²) >= 11 is 0. The molecule has 2 N–H and O–H groups in total. The third-order valence-electron chi connectivity index (χ3n) is 1.48. The van der Waals surface area contributed by atoms with Gasteiger partial charge in [-0.15, -0.1) is 12.3 Å². The molecule has 0 aliphatic carbocycles. The molecule has 0 aromatic carbocycles. The summed E-state index contributed by atoms with van der Waals surface area (Å²) in [7, 11) is 0. The van der Waals surface area contributed by atoms with Crippen molar-refractivity contribution >= 4 is 0 Å². The summed E-state index contributed by atoms with van der Waals surface area (Å²) in [6, 6.07) is -0.374. The Labute approximate surface area is 61.8 Å². The molecular formula is C8H14FN. The molecule has 0 heterocycles. The van der Waals surface area contributed by atoms with Crippen molar-refractivity contribution in [3.8, 4) is 12.3 Å². The third kappa shape index (κ3) is 3.47. The largest absolute Gasteiger partial charge is 0.325 e. The Morgan fingerprint density at radius 3 is 2.70 bits per heavy atom. The quantitative estimate of drug-likeness (QED) is 0.592. The molecule has 1 nitrogen and oxygen atoms in total. The lowest BCUT2D eigenvalue weighted by molar-refractivity contribution is 0.266. The summed E-state index contributed by atoms with van der Waals surface area (Å²) < 4.78 is 12.7. The Kier molecular flexibility index (Phi) is 4.96. The maximum absolute atomic E-state index is 12.7. The molecule has 0 spiro atoms. The van der Waals surface area contributed by atoms with Crippen LogP contribution < -0.4 is 5.73 Å². The Morgan fingerprint density at radius 2 is 2.30 bits per heavy atom. The minimum atomic E-state index is -0.895. The first-order chi connectivity index (χ1) is 4.72. The molecule has 58 valence electrons. The molecule has 10 heavy (non-hydrogen) atoms. The first-order valence-electron chi connectivity index (χ1n) is 3.55. The Bertz CT molecular complexity index is 117. The van der Waals surface area contributed by atoms with Gasteiger partial charge in [-0.05, 0) is 12.8 Å². The van der Waals surface area contributed by atoms with Crippen molar-refractivity contribution < 1.29 is 4.39 Å². The van der Waals surface area contributed by atoms with Gasteiger partial charge in [0.2, 0.25) is 0 Å². The molecule has 0 aromatic rings. The standard InChI is InChI=1S/C8H14FN/c1-3-5-6-8(10)7(9)4-2/h1,7-8H,4-6,10H2,2H3. The third-order valence-corrected chi connectivity index (χ3v) is 1.48. The van der Waals surface area contributed by atoms with E-state index in [1.165, 1.54) is 0 Å². The minimum Gasteiger partial charge on any atom is -0.325 e. The predicted molar refractivity (Wildman–Crippen MR) is 41.2 cm³/mol. The molecule has 0 aromatic heterocycles. The molecule has 0 radical (unpaired) electrons. The first-order valence-corrected chi connectivity index (χ1v) is 3.55. The number of halogens is 1. The van der Waals surface area contributed by atoms with Crippen LogP contribution in [0.1, 0.15) is 26.2 Å². The smallest absolute Gasteiger partial charge is 0.115 e. The van der Waals surface area contributed by atoms with Gasteiger partial charge in [-0.2, -0.15) is 0 Å². The van der Waals surface area contributed by atoms with Crippen molar-refractivity contribution in [3.05, 3.63) is 0 Å². The van der Waals surface area contributed by atoms with E-state index in [-0.39, 0.29) is 6.04 Å². The van der Waals surface area contributed by atoms with Crippen LogP contribution in [0, 0.1) is 12.3 Å². The van der Waals surface area contributed by atoms with Crippen LogP contribution in [0.25, 0.3) is 0 Å². The van der Waals surface area contributed by atoms with Crippen molar-refractivity contribution in [3.63, 3.8) is 0 Å². The first kappa shape index (κ1) is 9.45. The maximum atomic E-state index is 12.7. The molecule has 2 atom stereocenters. The highest BCUT2D eigenvalue weighted by Gasteiger charge is 2.12. The monoisotopic (exact) mass is 143 g/mol. The summed E-state index contributed by atoms with van der Waals surface area (Å²) in [6.45, 7) is 1.78. The van der Waals surface area contributed by atoms with Crippen molar-refractivity contribution in [2.75, 3.05) is 0 Å². The van der Waals surface area contributed by atoms with Crippen LogP contribution in [0.5, 0.6) is 0 Å². The normalized spacial score (nSPS) is 15.8. The molecule has 0 bridgehead atoms. The lowest BCUT2D eigenvalue weighted by Crippen LogP contribution is -2.30. The number of hydrogen-bond acceptors (Lipinski definition) is 1. The molecule has 2 unspecified atom stereocenters. The number of hydrogen-bond donors (Lipinski definition) is 1. The summed E-state index contributed by atoms with van der Waals surface area (Å²) in [5, 5.41) is 0. The fourth-order valence-electron chi connectivity index (χ4n) is 0.734. The van der Waals surface area contributed by atoms with Crippen LogP contribution >= 0.6 is 0 Å². The van der Waals surface area contributed by atoms with Gasteiger partial charge in [0.15, 0.2) is 0 Å². The van der Waals surface area contributed by atoms with Gasteiger partial charge in [-0.1, -0.05) is 6.92 Å². The highest BCUT2D eigenvalue weighted by molar-refractivity contribution is 4.86. The van der Waals surface area contributed by atoms with Gasteiger partial charge in [-0.25, -0.2) is 4.39 Å². The fourth-order valence-corrected chi connectivity index (χ4v) is 0.734. The van der Waals surface area contributed by atoms with E-state index >= 15 is 0 Å². The van der Waals surface area contributed by atoms with E-state index in [1.54, 1.807) is 6.92 Å². The molecule has 0 amide bonds. The highest BCUT2D eigenvalue weighted by atomic mass is 19.1. The van der Waals surface area contributed by atoms with Crippen molar-refractivity contribution in [1.29, 1.82) is 0 Å². The van der Waals surface area contributed by atoms with Gasteiger partial charge in [0.25, 0.3) is 0 Å². The zero-order valence-electron chi connectivity index (χ0n) is 6.31. The van der Waals surface area contributed by atoms with E-state index in [2.05, 4.69) is 5.92 Å². The number of alkyl halides is 1. The van der Waals surface area contributed by atoms with E-state index in [9.17, 15) is 4.39 Å². The van der Waals surface area contributed by atoms with Gasteiger partial charge in [0.05, 0.1) is 0 Å². The van der Waals surface area contributed by atoms with Crippen LogP contribution in [-0.2, 0) is 0 Å². The van der Waals surface area contributed by atoms with Gasteiger partial charge in [-0.3, -0.25) is 0 Å². The molecule has 0 saturated carbocycles. The van der Waals surface area contributed by atoms with E-state index in [0.717, 1.165) is 0 Å². The maximum Gasteiger partial charge on any atom is 0.115 e. The predicted octanol–water partition coefficient (Wildman–Crippen LogP) is 1.48. The van der Waals surface area contributed by atoms with Crippen LogP contribution in [0.15, 0.2) is 0 Å². The van der Waals surface area contributed by atoms with Crippen molar-refractivity contribution in [2.45, 2.75) is 38.4 Å². The van der Waals surface area contributed by atoms with Gasteiger partial charge in [0.1, 0.15) is 6.17 Å². The van der Waals surface area contributed by atoms with Crippen molar-refractivity contribution in [1.82, 2.24) is 0 Å². The lowest BCUT2D eigenvalue weighted by atomic mass is 10.1. The summed E-state index contributed by atoms with van der Waals surface area (Å²) in [5.41, 5.74) is 5.44. The topological polar surface area (TPSA) is 26.0 Å². The summed E-state index contributed by atoms with van der Waals surface area (Å²) in [4.78, 5) is 0. The molecular weight excluding hydrogens is 129 g/mol. The fraction of sp³-hybridized carbons (Fsp3) is 0.750. The van der Waals surface area contributed by atoms with Crippen LogP contribution in [-0.4, -0.2) is 12.2 Å². The summed E-state index contributed by atoms with van der Waals surface area (Å²) in [5.74, 6) is 2.43. The number of nitrogens with two attached hydrogens (primary N) is 1. The van der Waals surface area contributed by atoms with Gasteiger partial charge >= 0.3 is 0 Å². The van der Waals surface area contributed by atoms with Crippen LogP contribution in [0.4, 0.5) is 4.39 Å². The van der Waals surface area contributed by atoms with E-state index < -0.39 is 6.17 Å². The Balaban J connectivity index is 3.43. The Morgan fingerprint density at radius 1 is 1.70 bits per heavy atom. The Hall–Kier alpha value is -0.550.